The van der Waals surface area contributed by atoms with Crippen LogP contribution in [0, 0.1) is 0 Å². The van der Waals surface area contributed by atoms with Crippen LogP contribution in [-0.4, -0.2) is 18.2 Å². The number of hydrogen-bond acceptors (Lipinski definition) is 2. The quantitative estimate of drug-likeness (QED) is 0.855. The molecule has 16 heavy (non-hydrogen) atoms. The van der Waals surface area contributed by atoms with Crippen LogP contribution in [0.25, 0.3) is 0 Å². The maximum absolute atomic E-state index is 10.7. The highest BCUT2D eigenvalue weighted by atomic mass is 16.5. The van der Waals surface area contributed by atoms with Gasteiger partial charge in [-0.1, -0.05) is 26.8 Å². The molecule has 88 valence electrons. The summed E-state index contributed by atoms with van der Waals surface area (Å²) >= 11 is 0. The van der Waals surface area contributed by atoms with Crippen molar-refractivity contribution in [3.05, 3.63) is 29.3 Å². The first-order valence-corrected chi connectivity index (χ1v) is 5.23. The normalized spacial score (nSPS) is 11.2. The standard InChI is InChI=1S/C13H18O3/c1-13(2,3)10-5-9(7-12(14)15)6-11(8-10)16-4/h5-6,8H,7H2,1-4H3,(H,14,15). The minimum atomic E-state index is -0.826. The molecule has 0 heterocycles. The third-order valence-corrected chi connectivity index (χ3v) is 2.42. The van der Waals surface area contributed by atoms with Crippen molar-refractivity contribution >= 4 is 5.97 Å². The van der Waals surface area contributed by atoms with E-state index in [1.165, 1.54) is 0 Å². The van der Waals surface area contributed by atoms with Gasteiger partial charge in [0.05, 0.1) is 13.5 Å². The molecule has 0 saturated carbocycles. The Morgan fingerprint density at radius 1 is 1.31 bits per heavy atom. The zero-order chi connectivity index (χ0) is 12.3. The number of aliphatic carboxylic acids is 1. The van der Waals surface area contributed by atoms with E-state index in [4.69, 9.17) is 9.84 Å². The Bertz CT molecular complexity index is 389. The van der Waals surface area contributed by atoms with Gasteiger partial charge in [-0.15, -0.1) is 0 Å². The summed E-state index contributed by atoms with van der Waals surface area (Å²) < 4.78 is 5.18. The van der Waals surface area contributed by atoms with Crippen LogP contribution in [-0.2, 0) is 16.6 Å². The van der Waals surface area contributed by atoms with Crippen molar-refractivity contribution in [3.63, 3.8) is 0 Å². The molecule has 0 aliphatic heterocycles. The molecule has 1 aromatic rings. The number of carboxylic acid groups (broad SMARTS) is 1. The van der Waals surface area contributed by atoms with E-state index in [0.29, 0.717) is 5.75 Å². The van der Waals surface area contributed by atoms with Gasteiger partial charge in [-0.3, -0.25) is 4.79 Å². The smallest absolute Gasteiger partial charge is 0.307 e. The molecule has 1 rings (SSSR count). The summed E-state index contributed by atoms with van der Waals surface area (Å²) in [4.78, 5) is 10.7. The summed E-state index contributed by atoms with van der Waals surface area (Å²) in [7, 11) is 1.59. The van der Waals surface area contributed by atoms with E-state index in [1.54, 1.807) is 13.2 Å². The van der Waals surface area contributed by atoms with Gasteiger partial charge in [0.15, 0.2) is 0 Å². The number of carbonyl (C=O) groups is 1. The van der Waals surface area contributed by atoms with Crippen molar-refractivity contribution in [2.75, 3.05) is 7.11 Å². The highest BCUT2D eigenvalue weighted by Gasteiger charge is 2.16. The number of benzene rings is 1. The summed E-state index contributed by atoms with van der Waals surface area (Å²) in [5.74, 6) is -0.114. The van der Waals surface area contributed by atoms with Crippen LogP contribution < -0.4 is 4.74 Å². The number of methoxy groups -OCH3 is 1. The maximum Gasteiger partial charge on any atom is 0.307 e. The minimum absolute atomic E-state index is 0.0121. The second kappa shape index (κ2) is 4.56. The van der Waals surface area contributed by atoms with Gasteiger partial charge in [-0.05, 0) is 28.7 Å². The predicted octanol–water partition coefficient (Wildman–Crippen LogP) is 2.62. The Labute approximate surface area is 96.1 Å². The number of carboxylic acids is 1. The van der Waals surface area contributed by atoms with Gasteiger partial charge in [0, 0.05) is 0 Å². The van der Waals surface area contributed by atoms with Gasteiger partial charge in [0.2, 0.25) is 0 Å². The van der Waals surface area contributed by atoms with Gasteiger partial charge < -0.3 is 9.84 Å². The molecule has 0 aliphatic carbocycles. The second-order valence-corrected chi connectivity index (χ2v) is 4.89. The third kappa shape index (κ3) is 3.26. The molecule has 0 fully saturated rings. The average Bonchev–Trinajstić information content (AvgIpc) is 2.14. The van der Waals surface area contributed by atoms with Crippen LogP contribution in [0.3, 0.4) is 0 Å². The van der Waals surface area contributed by atoms with Gasteiger partial charge >= 0.3 is 5.97 Å². The van der Waals surface area contributed by atoms with Crippen molar-refractivity contribution in [1.82, 2.24) is 0 Å². The molecule has 0 bridgehead atoms. The van der Waals surface area contributed by atoms with Gasteiger partial charge in [-0.25, -0.2) is 0 Å². The lowest BCUT2D eigenvalue weighted by Gasteiger charge is -2.20. The number of rotatable bonds is 3. The molecule has 3 heteroatoms. The van der Waals surface area contributed by atoms with Gasteiger partial charge in [0.1, 0.15) is 5.75 Å². The summed E-state index contributed by atoms with van der Waals surface area (Å²) in [6.07, 6.45) is 0.0281. The summed E-state index contributed by atoms with van der Waals surface area (Å²) in [6, 6.07) is 5.64. The molecule has 0 saturated heterocycles. The van der Waals surface area contributed by atoms with Crippen LogP contribution in [0.4, 0.5) is 0 Å². The Kier molecular flexibility index (Phi) is 3.58. The van der Waals surface area contributed by atoms with E-state index in [-0.39, 0.29) is 11.8 Å². The Balaban J connectivity index is 3.16. The molecule has 0 amide bonds. The molecular weight excluding hydrogens is 204 g/mol. The van der Waals surface area contributed by atoms with Crippen molar-refractivity contribution in [2.24, 2.45) is 0 Å². The molecule has 0 aliphatic rings. The molecule has 1 aromatic carbocycles. The van der Waals surface area contributed by atoms with Crippen LogP contribution in [0.5, 0.6) is 5.75 Å². The lowest BCUT2D eigenvalue weighted by Crippen LogP contribution is -2.12. The monoisotopic (exact) mass is 222 g/mol. The van der Waals surface area contributed by atoms with Crippen molar-refractivity contribution in [3.8, 4) is 5.75 Å². The molecule has 0 atom stereocenters. The van der Waals surface area contributed by atoms with Gasteiger partial charge in [-0.2, -0.15) is 0 Å². The Morgan fingerprint density at radius 3 is 2.38 bits per heavy atom. The maximum atomic E-state index is 10.7. The first-order chi connectivity index (χ1) is 7.32. The Morgan fingerprint density at radius 2 is 1.94 bits per heavy atom. The first kappa shape index (κ1) is 12.6. The van der Waals surface area contributed by atoms with E-state index >= 15 is 0 Å². The fourth-order valence-corrected chi connectivity index (χ4v) is 1.49. The summed E-state index contributed by atoms with van der Waals surface area (Å²) in [5.41, 5.74) is 1.85. The lowest BCUT2D eigenvalue weighted by atomic mass is 9.85. The SMILES string of the molecule is COc1cc(CC(=O)O)cc(C(C)(C)C)c1. The largest absolute Gasteiger partial charge is 0.497 e. The topological polar surface area (TPSA) is 46.5 Å². The van der Waals surface area contributed by atoms with E-state index in [9.17, 15) is 4.79 Å². The number of ether oxygens (including phenoxy) is 1. The van der Waals surface area contributed by atoms with E-state index in [2.05, 4.69) is 20.8 Å². The van der Waals surface area contributed by atoms with Gasteiger partial charge in [0.25, 0.3) is 0 Å². The van der Waals surface area contributed by atoms with E-state index in [0.717, 1.165) is 11.1 Å². The second-order valence-electron chi connectivity index (χ2n) is 4.89. The molecule has 0 radical (unpaired) electrons. The highest BCUT2D eigenvalue weighted by molar-refractivity contribution is 5.70. The predicted molar refractivity (Wildman–Crippen MR) is 63.0 cm³/mol. The first-order valence-electron chi connectivity index (χ1n) is 5.23. The fourth-order valence-electron chi connectivity index (χ4n) is 1.49. The average molecular weight is 222 g/mol. The van der Waals surface area contributed by atoms with Crippen LogP contribution in [0.2, 0.25) is 0 Å². The van der Waals surface area contributed by atoms with Crippen molar-refractivity contribution in [1.29, 1.82) is 0 Å². The zero-order valence-corrected chi connectivity index (χ0v) is 10.2. The van der Waals surface area contributed by atoms with E-state index < -0.39 is 5.97 Å². The molecular formula is C13H18O3. The van der Waals surface area contributed by atoms with Crippen LogP contribution in [0.15, 0.2) is 18.2 Å². The Hall–Kier alpha value is -1.51. The molecule has 3 nitrogen and oxygen atoms in total. The third-order valence-electron chi connectivity index (χ3n) is 2.42. The minimum Gasteiger partial charge on any atom is -0.497 e. The van der Waals surface area contributed by atoms with Crippen LogP contribution >= 0.6 is 0 Å². The van der Waals surface area contributed by atoms with Crippen molar-refractivity contribution < 1.29 is 14.6 Å². The van der Waals surface area contributed by atoms with E-state index in [1.807, 2.05) is 12.1 Å². The molecule has 0 aromatic heterocycles. The zero-order valence-electron chi connectivity index (χ0n) is 10.2. The number of hydrogen-bond donors (Lipinski definition) is 1. The van der Waals surface area contributed by atoms with Crippen LogP contribution in [0.1, 0.15) is 31.9 Å². The summed E-state index contributed by atoms with van der Waals surface area (Å²) in [5, 5.41) is 8.78. The highest BCUT2D eigenvalue weighted by Crippen LogP contribution is 2.27. The van der Waals surface area contributed by atoms with Crippen molar-refractivity contribution in [2.45, 2.75) is 32.6 Å². The fraction of sp³-hybridized carbons (Fsp3) is 0.462. The molecule has 0 unspecified atom stereocenters. The molecule has 1 N–H and O–H groups in total. The summed E-state index contributed by atoms with van der Waals surface area (Å²) in [6.45, 7) is 6.27. The molecule has 0 spiro atoms. The lowest BCUT2D eigenvalue weighted by molar-refractivity contribution is -0.136.